The van der Waals surface area contributed by atoms with E-state index in [-0.39, 0.29) is 0 Å². The topological polar surface area (TPSA) is 172 Å². The Hall–Kier alpha value is -18.3. The van der Waals surface area contributed by atoms with Crippen LogP contribution in [0.5, 0.6) is 0 Å². The van der Waals surface area contributed by atoms with Crippen LogP contribution < -0.4 is 0 Å². The summed E-state index contributed by atoms with van der Waals surface area (Å²) in [7, 11) is 0. The molecule has 16 heterocycles. The zero-order valence-corrected chi connectivity index (χ0v) is 75.1. The molecule has 0 saturated carbocycles. The van der Waals surface area contributed by atoms with Gasteiger partial charge in [0.1, 0.15) is 22.6 Å². The van der Waals surface area contributed by atoms with Gasteiger partial charge in [-0.3, -0.25) is 57.5 Å². The quantitative estimate of drug-likeness (QED) is 0.132. The van der Waals surface area contributed by atoms with E-state index in [0.717, 1.165) is 140 Å². The van der Waals surface area contributed by atoms with Crippen molar-refractivity contribution in [3.63, 3.8) is 0 Å². The van der Waals surface area contributed by atoms with E-state index in [1.54, 1.807) is 0 Å². The standard InChI is InChI=1S/4C31H18N4/c1-2-4-21-17(3-1)9-18-12-24-19(11-23(18)21)10-20-13-27-26(14-25(20)24)22-5-7-32-15-29(22)35-30-16-33-8-6-28(30)34-31(27)35;1-2-4-20-17(3-1)11-18-12-19-13-26-21(25(19)14-24(18)20)5-6-23-22-7-9-32-15-28(22)35-29-16-33-10-8-27(29)34-31(35)30(23)26;1-2-4-20-17(3-1)11-18-5-6-21-23-14-24-22-7-9-32-15-28(22)35-29-16-33-10-8-27(29)34-31(35)26(24)13-19(23)12-25(21)30(18)20;1-2-4-20-17(3-1)13-18-5-6-19-14-24-23(29(19)28(18)20)8-7-22-21-9-11-32-15-26(21)35-27-16-33-12-10-25(27)34-31(35)30(22)24/h1-8,11-16H,9-10H2;1-10,12,14-16H,11,13H2;1-10,13-16H,11-12H2;1-12,15-16H,13-14H2. The minimum atomic E-state index is 0.922. The number of hydrogen-bond donors (Lipinski definition) is 0. The minimum Gasteiger partial charge on any atom is -0.289 e. The first kappa shape index (κ1) is 75.1. The van der Waals surface area contributed by atoms with Crippen LogP contribution in [0, 0.1) is 0 Å². The van der Waals surface area contributed by atoms with E-state index in [9.17, 15) is 0 Å². The summed E-state index contributed by atoms with van der Waals surface area (Å²) in [6, 6.07) is 89.8. The average Bonchev–Trinajstić information content (AvgIpc) is 1.55. The second kappa shape index (κ2) is 27.7. The number of nitrogens with zero attached hydrogens (tertiary/aromatic N) is 16. The van der Waals surface area contributed by atoms with E-state index in [0.29, 0.717) is 0 Å². The van der Waals surface area contributed by atoms with Crippen LogP contribution >= 0.6 is 0 Å². The lowest BCUT2D eigenvalue weighted by Crippen LogP contribution is -1.95. The van der Waals surface area contributed by atoms with Crippen molar-refractivity contribution in [1.82, 2.24) is 77.4 Å². The molecule has 0 spiro atoms. The molecule has 36 rings (SSSR count). The maximum Gasteiger partial charge on any atom is 0.146 e. The first-order valence-electron chi connectivity index (χ1n) is 48.1. The fourth-order valence-corrected chi connectivity index (χ4v) is 26.0. The summed E-state index contributed by atoms with van der Waals surface area (Å²) >= 11 is 0. The van der Waals surface area contributed by atoms with Crippen molar-refractivity contribution in [2.24, 2.45) is 0 Å². The SMILES string of the molecule is c1ccc2c(c1)Cc1cc3c(cc1-2)-c1ccc2c4ccncc4n4c5cnccc5nc4c2c1C3.c1ccc2c(c1)Cc1cc3c(cc1-2)Cc1cc2c(cc1-3)c1ccncc1n1c3cnccc3nc21.c1ccc2c(c1)Cc1ccc3c(c1-2)-c1ccc2c4ccncc4n4c5cnccc5nc4c2c1C3.c1ccc2c(c1)Cc1ccc3c(c1-2)Cc1cc2c(cc1-3)c1ccncc1n1c3cnccc3nc21. The van der Waals surface area contributed by atoms with Gasteiger partial charge in [-0.05, 0) is 342 Å². The van der Waals surface area contributed by atoms with Gasteiger partial charge in [0.05, 0.1) is 116 Å². The van der Waals surface area contributed by atoms with Crippen molar-refractivity contribution in [3.05, 3.63) is 431 Å². The third-order valence-electron chi connectivity index (χ3n) is 32.0. The van der Waals surface area contributed by atoms with Gasteiger partial charge in [0.2, 0.25) is 0 Å². The molecule has 0 N–H and O–H groups in total. The highest BCUT2D eigenvalue weighted by atomic mass is 15.1. The normalized spacial score (nSPS) is 13.5. The Balaban J connectivity index is 0.0000000829. The Kier molecular flexibility index (Phi) is 14.9. The summed E-state index contributed by atoms with van der Waals surface area (Å²) < 4.78 is 8.92. The molecule has 12 aromatic carbocycles. The maximum atomic E-state index is 5.14. The van der Waals surface area contributed by atoms with Gasteiger partial charge in [0.25, 0.3) is 0 Å². The lowest BCUT2D eigenvalue weighted by Gasteiger charge is -2.13. The van der Waals surface area contributed by atoms with Gasteiger partial charge in [-0.2, -0.15) is 0 Å². The molecule has 8 aliphatic rings. The Morgan fingerprint density at radius 3 is 0.979 bits per heavy atom. The molecule has 0 bridgehead atoms. The van der Waals surface area contributed by atoms with Gasteiger partial charge in [-0.1, -0.05) is 152 Å². The summed E-state index contributed by atoms with van der Waals surface area (Å²) in [5, 5.41) is 14.6. The second-order valence-electron chi connectivity index (χ2n) is 38.9. The van der Waals surface area contributed by atoms with Crippen LogP contribution in [0.25, 0.3) is 242 Å². The zero-order valence-electron chi connectivity index (χ0n) is 75.1. The maximum absolute atomic E-state index is 5.14. The molecule has 28 aromatic rings. The molecule has 8 aliphatic carbocycles. The summed E-state index contributed by atoms with van der Waals surface area (Å²) in [6.07, 6.45) is 38.1. The van der Waals surface area contributed by atoms with Gasteiger partial charge in [-0.15, -0.1) is 0 Å². The molecular formula is C124H72N16. The minimum absolute atomic E-state index is 0.922. The third kappa shape index (κ3) is 10.3. The number of fused-ring (bicyclic) bond motifs is 60. The average molecular weight is 1790 g/mol. The van der Waals surface area contributed by atoms with Crippen LogP contribution in [-0.4, -0.2) is 77.4 Å². The molecule has 16 nitrogen and oxygen atoms in total. The zero-order chi connectivity index (χ0) is 90.7. The van der Waals surface area contributed by atoms with Crippen molar-refractivity contribution in [2.45, 2.75) is 51.4 Å². The van der Waals surface area contributed by atoms with Crippen LogP contribution in [0.1, 0.15) is 89.0 Å². The number of hydrogen-bond acceptors (Lipinski definition) is 12. The lowest BCUT2D eigenvalue weighted by atomic mass is 9.92. The van der Waals surface area contributed by atoms with E-state index in [1.165, 1.54) is 243 Å². The van der Waals surface area contributed by atoms with E-state index in [2.05, 4.69) is 276 Å². The number of rotatable bonds is 0. The molecule has 0 amide bonds. The smallest absolute Gasteiger partial charge is 0.146 e. The van der Waals surface area contributed by atoms with Crippen molar-refractivity contribution in [2.75, 3.05) is 0 Å². The Labute approximate surface area is 796 Å². The molecule has 16 aromatic heterocycles. The van der Waals surface area contributed by atoms with Crippen LogP contribution in [0.3, 0.4) is 0 Å². The van der Waals surface area contributed by atoms with Gasteiger partial charge in [0.15, 0.2) is 0 Å². The van der Waals surface area contributed by atoms with Gasteiger partial charge in [-0.25, -0.2) is 19.9 Å². The highest BCUT2D eigenvalue weighted by Crippen LogP contribution is 2.56. The Morgan fingerprint density at radius 2 is 0.464 bits per heavy atom. The summed E-state index contributed by atoms with van der Waals surface area (Å²) in [5.41, 5.74) is 61.0. The molecule has 0 radical (unpaired) electrons. The molecule has 648 valence electrons. The fourth-order valence-electron chi connectivity index (χ4n) is 26.0. The van der Waals surface area contributed by atoms with E-state index in [4.69, 9.17) is 19.9 Å². The molecule has 0 fully saturated rings. The van der Waals surface area contributed by atoms with E-state index < -0.39 is 0 Å². The van der Waals surface area contributed by atoms with Gasteiger partial charge < -0.3 is 0 Å². The van der Waals surface area contributed by atoms with Crippen LogP contribution in [0.15, 0.2) is 342 Å². The van der Waals surface area contributed by atoms with Crippen molar-refractivity contribution in [1.29, 1.82) is 0 Å². The number of imidazole rings is 4. The predicted octanol–water partition coefficient (Wildman–Crippen LogP) is 26.9. The van der Waals surface area contributed by atoms with Crippen LogP contribution in [0.4, 0.5) is 0 Å². The molecule has 140 heavy (non-hydrogen) atoms. The van der Waals surface area contributed by atoms with Gasteiger partial charge >= 0.3 is 0 Å². The molecule has 0 aliphatic heterocycles. The van der Waals surface area contributed by atoms with Crippen molar-refractivity contribution >= 4 is 153 Å². The molecule has 0 saturated heterocycles. The second-order valence-corrected chi connectivity index (χ2v) is 38.9. The third-order valence-corrected chi connectivity index (χ3v) is 32.0. The summed E-state index contributed by atoms with van der Waals surface area (Å²) in [6.45, 7) is 0. The van der Waals surface area contributed by atoms with Crippen molar-refractivity contribution < 1.29 is 0 Å². The monoisotopic (exact) mass is 1780 g/mol. The molecule has 16 heteroatoms. The lowest BCUT2D eigenvalue weighted by molar-refractivity contribution is 1.21. The fraction of sp³-hybridized carbons (Fsp3) is 0.0645. The highest BCUT2D eigenvalue weighted by Gasteiger charge is 2.36. The highest BCUT2D eigenvalue weighted by molar-refractivity contribution is 6.22. The predicted molar refractivity (Wildman–Crippen MR) is 559 cm³/mol. The first-order valence-corrected chi connectivity index (χ1v) is 48.1. The first-order chi connectivity index (χ1) is 69.4. The number of aromatic nitrogens is 16. The Bertz CT molecular complexity index is 10700. The molecule has 0 atom stereocenters. The van der Waals surface area contributed by atoms with E-state index in [1.807, 2.05) is 123 Å². The van der Waals surface area contributed by atoms with Crippen LogP contribution in [-0.2, 0) is 51.4 Å². The summed E-state index contributed by atoms with van der Waals surface area (Å²) in [5.74, 6) is 0. The van der Waals surface area contributed by atoms with Gasteiger partial charge in [0, 0.05) is 92.7 Å². The summed E-state index contributed by atoms with van der Waals surface area (Å²) in [4.78, 5) is 55.7. The molecule has 0 unspecified atom stereocenters. The largest absolute Gasteiger partial charge is 0.289 e. The number of benzene rings is 12. The van der Waals surface area contributed by atoms with E-state index >= 15 is 0 Å². The van der Waals surface area contributed by atoms with Crippen molar-refractivity contribution in [3.8, 4) is 89.0 Å². The van der Waals surface area contributed by atoms with Crippen LogP contribution in [0.2, 0.25) is 0 Å². The molecular weight excluding hydrogens is 1710 g/mol. The number of pyridine rings is 12. The Morgan fingerprint density at radius 1 is 0.164 bits per heavy atom.